The van der Waals surface area contributed by atoms with Crippen molar-refractivity contribution in [2.75, 3.05) is 0 Å². The first-order valence-electron chi connectivity index (χ1n) is 7.17. The first kappa shape index (κ1) is 16.9. The van der Waals surface area contributed by atoms with Crippen molar-refractivity contribution in [3.63, 3.8) is 0 Å². The van der Waals surface area contributed by atoms with E-state index in [1.54, 1.807) is 48.5 Å². The van der Waals surface area contributed by atoms with Gasteiger partial charge in [0.05, 0.1) is 5.92 Å². The highest BCUT2D eigenvalue weighted by Gasteiger charge is 2.50. The molecule has 3 atom stereocenters. The van der Waals surface area contributed by atoms with Gasteiger partial charge in [0, 0.05) is 0 Å². The average molecular weight is 314 g/mol. The van der Waals surface area contributed by atoms with Crippen LogP contribution in [0.4, 0.5) is 0 Å². The molecule has 3 N–H and O–H groups in total. The summed E-state index contributed by atoms with van der Waals surface area (Å²) < 4.78 is 0. The van der Waals surface area contributed by atoms with Crippen molar-refractivity contribution in [3.8, 4) is 0 Å². The van der Waals surface area contributed by atoms with E-state index >= 15 is 0 Å². The van der Waals surface area contributed by atoms with Gasteiger partial charge in [0.15, 0.2) is 5.78 Å². The van der Waals surface area contributed by atoms with Gasteiger partial charge in [-0.3, -0.25) is 4.79 Å². The monoisotopic (exact) mass is 314 g/mol. The Labute approximate surface area is 133 Å². The fourth-order valence-corrected chi connectivity index (χ4v) is 2.60. The smallest absolute Gasteiger partial charge is 0.341 e. The van der Waals surface area contributed by atoms with Crippen molar-refractivity contribution in [2.45, 2.75) is 24.5 Å². The molecular formula is C18H18O5. The zero-order valence-corrected chi connectivity index (χ0v) is 12.6. The first-order valence-corrected chi connectivity index (χ1v) is 7.17. The molecular weight excluding hydrogens is 296 g/mol. The van der Waals surface area contributed by atoms with Crippen LogP contribution in [0.2, 0.25) is 0 Å². The lowest BCUT2D eigenvalue weighted by atomic mass is 9.74. The number of aliphatic carboxylic acids is 1. The van der Waals surface area contributed by atoms with Crippen LogP contribution in [0.1, 0.15) is 24.0 Å². The summed E-state index contributed by atoms with van der Waals surface area (Å²) in [5.74, 6) is -3.74. The zero-order valence-electron chi connectivity index (χ0n) is 12.6. The minimum atomic E-state index is -2.48. The van der Waals surface area contributed by atoms with Gasteiger partial charge in [0.25, 0.3) is 0 Å². The molecule has 0 radical (unpaired) electrons. The molecule has 0 aliphatic heterocycles. The lowest BCUT2D eigenvalue weighted by Crippen LogP contribution is -2.47. The van der Waals surface area contributed by atoms with E-state index in [-0.39, 0.29) is 5.56 Å². The van der Waals surface area contributed by atoms with Crippen molar-refractivity contribution in [2.24, 2.45) is 0 Å². The van der Waals surface area contributed by atoms with Crippen LogP contribution < -0.4 is 0 Å². The third-order valence-electron chi connectivity index (χ3n) is 3.79. The van der Waals surface area contributed by atoms with E-state index < -0.39 is 29.4 Å². The number of carbonyl (C=O) groups is 2. The van der Waals surface area contributed by atoms with E-state index in [0.717, 1.165) is 0 Å². The molecule has 120 valence electrons. The summed E-state index contributed by atoms with van der Waals surface area (Å²) in [6.07, 6.45) is -1.41. The van der Waals surface area contributed by atoms with E-state index in [9.17, 15) is 24.9 Å². The van der Waals surface area contributed by atoms with Crippen LogP contribution >= 0.6 is 0 Å². The highest BCUT2D eigenvalue weighted by molar-refractivity contribution is 5.97. The first-order chi connectivity index (χ1) is 10.9. The number of aliphatic hydroxyl groups is 2. The van der Waals surface area contributed by atoms with Crippen molar-refractivity contribution in [3.05, 3.63) is 71.8 Å². The maximum atomic E-state index is 12.5. The van der Waals surface area contributed by atoms with Gasteiger partial charge in [-0.25, -0.2) is 4.79 Å². The topological polar surface area (TPSA) is 94.8 Å². The second-order valence-corrected chi connectivity index (χ2v) is 5.36. The van der Waals surface area contributed by atoms with Crippen LogP contribution in [0.5, 0.6) is 0 Å². The standard InChI is InChI=1S/C18H18O5/c1-12(19)16(20)15(13-8-4-2-5-9-13)18(23,17(21)22)14-10-6-3-7-11-14/h2-12,15,19,23H,1H3,(H,21,22). The Kier molecular flexibility index (Phi) is 4.93. The van der Waals surface area contributed by atoms with Crippen molar-refractivity contribution >= 4 is 11.8 Å². The summed E-state index contributed by atoms with van der Waals surface area (Å²) in [7, 11) is 0. The van der Waals surface area contributed by atoms with Gasteiger partial charge in [0.1, 0.15) is 6.10 Å². The second-order valence-electron chi connectivity index (χ2n) is 5.36. The van der Waals surface area contributed by atoms with Crippen molar-refractivity contribution in [1.29, 1.82) is 0 Å². The zero-order chi connectivity index (χ0) is 17.0. The molecule has 0 heterocycles. The van der Waals surface area contributed by atoms with E-state index in [2.05, 4.69) is 0 Å². The number of hydrogen-bond donors (Lipinski definition) is 3. The summed E-state index contributed by atoms with van der Waals surface area (Å²) in [5.41, 5.74) is -2.07. The van der Waals surface area contributed by atoms with Crippen LogP contribution in [0, 0.1) is 0 Å². The largest absolute Gasteiger partial charge is 0.479 e. The van der Waals surface area contributed by atoms with Gasteiger partial charge in [-0.1, -0.05) is 60.7 Å². The number of benzene rings is 2. The molecule has 5 heteroatoms. The van der Waals surface area contributed by atoms with Crippen LogP contribution in [0.15, 0.2) is 60.7 Å². The Hall–Kier alpha value is -2.50. The van der Waals surface area contributed by atoms with Crippen molar-refractivity contribution < 1.29 is 24.9 Å². The quantitative estimate of drug-likeness (QED) is 0.754. The molecule has 0 amide bonds. The number of hydrogen-bond acceptors (Lipinski definition) is 4. The molecule has 0 aliphatic rings. The van der Waals surface area contributed by atoms with E-state index in [1.807, 2.05) is 0 Å². The summed E-state index contributed by atoms with van der Waals surface area (Å²) in [6, 6.07) is 15.9. The second kappa shape index (κ2) is 6.73. The van der Waals surface area contributed by atoms with E-state index in [4.69, 9.17) is 0 Å². The van der Waals surface area contributed by atoms with Gasteiger partial charge >= 0.3 is 5.97 Å². The molecule has 0 fully saturated rings. The molecule has 0 saturated heterocycles. The van der Waals surface area contributed by atoms with Crippen LogP contribution in [0.25, 0.3) is 0 Å². The van der Waals surface area contributed by atoms with Crippen molar-refractivity contribution in [1.82, 2.24) is 0 Å². The van der Waals surface area contributed by atoms with Gasteiger partial charge in [-0.2, -0.15) is 0 Å². The Morgan fingerprint density at radius 2 is 1.43 bits per heavy atom. The molecule has 0 spiro atoms. The Bertz CT molecular complexity index is 681. The maximum Gasteiger partial charge on any atom is 0.341 e. The molecule has 0 saturated carbocycles. The number of aliphatic hydroxyl groups excluding tert-OH is 1. The molecule has 2 rings (SSSR count). The SMILES string of the molecule is CC(O)C(=O)C(c1ccccc1)C(O)(C(=O)O)c1ccccc1. The molecule has 0 aromatic heterocycles. The summed E-state index contributed by atoms with van der Waals surface area (Å²) >= 11 is 0. The van der Waals surface area contributed by atoms with Crippen LogP contribution in [-0.2, 0) is 15.2 Å². The number of Topliss-reactive ketones (excluding diaryl/α,β-unsaturated/α-hetero) is 1. The number of rotatable bonds is 6. The highest BCUT2D eigenvalue weighted by Crippen LogP contribution is 2.38. The average Bonchev–Trinajstić information content (AvgIpc) is 2.56. The Balaban J connectivity index is 2.68. The van der Waals surface area contributed by atoms with Crippen LogP contribution in [-0.4, -0.2) is 33.2 Å². The van der Waals surface area contributed by atoms with Gasteiger partial charge in [-0.15, -0.1) is 0 Å². The molecule has 5 nitrogen and oxygen atoms in total. The minimum absolute atomic E-state index is 0.0790. The Morgan fingerprint density at radius 1 is 0.957 bits per heavy atom. The Morgan fingerprint density at radius 3 is 1.87 bits per heavy atom. The number of carboxylic acids is 1. The third-order valence-corrected chi connectivity index (χ3v) is 3.79. The van der Waals surface area contributed by atoms with Gasteiger partial charge in [-0.05, 0) is 18.1 Å². The maximum absolute atomic E-state index is 12.5. The van der Waals surface area contributed by atoms with Crippen LogP contribution in [0.3, 0.4) is 0 Å². The summed E-state index contributed by atoms with van der Waals surface area (Å²) in [5, 5.41) is 30.3. The number of carboxylic acid groups (broad SMARTS) is 1. The lowest BCUT2D eigenvalue weighted by molar-refractivity contribution is -0.166. The highest BCUT2D eigenvalue weighted by atomic mass is 16.4. The molecule has 2 aromatic carbocycles. The fourth-order valence-electron chi connectivity index (χ4n) is 2.60. The number of ketones is 1. The third kappa shape index (κ3) is 3.16. The van der Waals surface area contributed by atoms with Gasteiger partial charge < -0.3 is 15.3 Å². The predicted octanol–water partition coefficient (Wildman–Crippen LogP) is 1.69. The fraction of sp³-hybridized carbons (Fsp3) is 0.222. The molecule has 3 unspecified atom stereocenters. The molecule has 23 heavy (non-hydrogen) atoms. The predicted molar refractivity (Wildman–Crippen MR) is 83.8 cm³/mol. The molecule has 2 aromatic rings. The normalized spacial score (nSPS) is 16.1. The minimum Gasteiger partial charge on any atom is -0.479 e. The van der Waals surface area contributed by atoms with E-state index in [1.165, 1.54) is 19.1 Å². The van der Waals surface area contributed by atoms with Gasteiger partial charge in [0.2, 0.25) is 5.60 Å². The molecule has 0 aliphatic carbocycles. The number of carbonyl (C=O) groups excluding carboxylic acids is 1. The summed E-state index contributed by atoms with van der Waals surface area (Å²) in [4.78, 5) is 24.4. The summed E-state index contributed by atoms with van der Waals surface area (Å²) in [6.45, 7) is 1.26. The van der Waals surface area contributed by atoms with E-state index in [0.29, 0.717) is 5.56 Å². The lowest BCUT2D eigenvalue weighted by Gasteiger charge is -2.33. The molecule has 0 bridgehead atoms.